The molecule has 8 rings (SSSR count). The predicted molar refractivity (Wildman–Crippen MR) is 133 cm³/mol. The molecule has 0 N–H and O–H groups in total. The Bertz CT molecular complexity index is 1230. The first-order valence-corrected chi connectivity index (χ1v) is 12.7. The van der Waals surface area contributed by atoms with Crippen LogP contribution in [0.15, 0.2) is 78.9 Å². The van der Waals surface area contributed by atoms with Crippen LogP contribution in [-0.4, -0.2) is 29.3 Å². The van der Waals surface area contributed by atoms with Gasteiger partial charge in [0.2, 0.25) is 11.8 Å². The van der Waals surface area contributed by atoms with Gasteiger partial charge in [0.25, 0.3) is 0 Å². The summed E-state index contributed by atoms with van der Waals surface area (Å²) >= 11 is 0. The number of hydrogen-bond donors (Lipinski definition) is 0. The van der Waals surface area contributed by atoms with Crippen LogP contribution >= 0.6 is 0 Å². The van der Waals surface area contributed by atoms with Crippen molar-refractivity contribution in [1.29, 1.82) is 0 Å². The average Bonchev–Trinajstić information content (AvgIpc) is 3.18. The molecule has 1 aliphatic carbocycles. The van der Waals surface area contributed by atoms with E-state index in [2.05, 4.69) is 29.2 Å². The summed E-state index contributed by atoms with van der Waals surface area (Å²) < 4.78 is 5.91. The Morgan fingerprint density at radius 2 is 1.46 bits per heavy atom. The van der Waals surface area contributed by atoms with Gasteiger partial charge in [0, 0.05) is 18.0 Å². The van der Waals surface area contributed by atoms with E-state index in [1.54, 1.807) is 0 Å². The topological polar surface area (TPSA) is 49.9 Å². The van der Waals surface area contributed by atoms with Gasteiger partial charge in [-0.15, -0.1) is 0 Å². The van der Waals surface area contributed by atoms with E-state index in [-0.39, 0.29) is 35.6 Å². The summed E-state index contributed by atoms with van der Waals surface area (Å²) in [5.74, 6) is 0.163. The van der Waals surface area contributed by atoms with E-state index in [0.717, 1.165) is 30.7 Å². The van der Waals surface area contributed by atoms with Crippen LogP contribution in [0.4, 0.5) is 5.69 Å². The number of nitrogens with zero attached hydrogens (tertiary/aromatic N) is 2. The molecule has 0 aromatic heterocycles. The maximum atomic E-state index is 13.9. The summed E-state index contributed by atoms with van der Waals surface area (Å²) in [6.45, 7) is 1.49. The van der Waals surface area contributed by atoms with E-state index in [1.807, 2.05) is 54.6 Å². The van der Waals surface area contributed by atoms with E-state index in [9.17, 15) is 9.59 Å². The summed E-state index contributed by atoms with van der Waals surface area (Å²) in [6.07, 6.45) is 3.46. The lowest BCUT2D eigenvalue weighted by atomic mass is 9.59. The molecule has 0 radical (unpaired) electrons. The molecule has 4 heterocycles. The first-order valence-electron chi connectivity index (χ1n) is 12.7. The number of benzene rings is 3. The second-order valence-electron chi connectivity index (χ2n) is 10.2. The number of hydrogen-bond acceptors (Lipinski definition) is 4. The Morgan fingerprint density at radius 1 is 0.743 bits per heavy atom. The molecule has 5 nitrogen and oxygen atoms in total. The van der Waals surface area contributed by atoms with Gasteiger partial charge in [0.05, 0.1) is 17.5 Å². The lowest BCUT2D eigenvalue weighted by Gasteiger charge is -2.57. The SMILES string of the molecule is O=C1C2C(C(=O)N1c1ccc(OCc3ccccc3)cc1)C1c3ccccc3C2C2CCCCN21. The molecule has 3 fully saturated rings. The van der Waals surface area contributed by atoms with Gasteiger partial charge in [-0.25, -0.2) is 4.90 Å². The van der Waals surface area contributed by atoms with Crippen molar-refractivity contribution < 1.29 is 14.3 Å². The molecule has 4 aliphatic heterocycles. The molecular formula is C30H28N2O3. The second-order valence-corrected chi connectivity index (χ2v) is 10.2. The fraction of sp³-hybridized carbons (Fsp3) is 0.333. The smallest absolute Gasteiger partial charge is 0.239 e. The molecule has 0 spiro atoms. The molecule has 5 heteroatoms. The first kappa shape index (κ1) is 20.9. The summed E-state index contributed by atoms with van der Waals surface area (Å²) in [7, 11) is 0. The zero-order chi connectivity index (χ0) is 23.5. The molecule has 3 aromatic rings. The molecular weight excluding hydrogens is 436 g/mol. The monoisotopic (exact) mass is 464 g/mol. The fourth-order valence-electron chi connectivity index (χ4n) is 7.12. The quantitative estimate of drug-likeness (QED) is 0.506. The molecule has 0 saturated carbocycles. The average molecular weight is 465 g/mol. The van der Waals surface area contributed by atoms with E-state index in [1.165, 1.54) is 22.4 Å². The standard InChI is InChI=1S/C30H28N2O3/c33-29-26-25-22-10-4-5-11-23(22)28(31-17-7-6-12-24(25)31)27(26)30(34)32(29)20-13-15-21(16-14-20)35-18-19-8-2-1-3-9-19/h1-5,8-11,13-16,24-28H,6-7,12,17-18H2. The maximum absolute atomic E-state index is 13.9. The fourth-order valence-corrected chi connectivity index (χ4v) is 7.12. The van der Waals surface area contributed by atoms with Crippen LogP contribution < -0.4 is 9.64 Å². The van der Waals surface area contributed by atoms with Crippen molar-refractivity contribution in [2.24, 2.45) is 11.8 Å². The number of imide groups is 1. The Hall–Kier alpha value is -3.44. The van der Waals surface area contributed by atoms with Crippen molar-refractivity contribution in [1.82, 2.24) is 4.90 Å². The van der Waals surface area contributed by atoms with Crippen molar-refractivity contribution in [3.63, 3.8) is 0 Å². The van der Waals surface area contributed by atoms with Crippen LogP contribution in [0.5, 0.6) is 5.75 Å². The zero-order valence-corrected chi connectivity index (χ0v) is 19.5. The van der Waals surface area contributed by atoms with E-state index >= 15 is 0 Å². The number of piperidine rings is 2. The van der Waals surface area contributed by atoms with Crippen LogP contribution in [0, 0.1) is 11.8 Å². The molecule has 2 amide bonds. The minimum Gasteiger partial charge on any atom is -0.489 e. The van der Waals surface area contributed by atoms with Gasteiger partial charge >= 0.3 is 0 Å². The first-order chi connectivity index (χ1) is 17.2. The minimum atomic E-state index is -0.300. The van der Waals surface area contributed by atoms with Gasteiger partial charge in [-0.1, -0.05) is 61.0 Å². The van der Waals surface area contributed by atoms with Crippen LogP contribution in [0.3, 0.4) is 0 Å². The number of rotatable bonds is 4. The van der Waals surface area contributed by atoms with E-state index in [0.29, 0.717) is 18.3 Å². The van der Waals surface area contributed by atoms with Gasteiger partial charge in [-0.05, 0) is 60.3 Å². The summed E-state index contributed by atoms with van der Waals surface area (Å²) in [6, 6.07) is 26.3. The summed E-state index contributed by atoms with van der Waals surface area (Å²) in [5.41, 5.74) is 4.28. The van der Waals surface area contributed by atoms with Gasteiger partial charge in [0.1, 0.15) is 12.4 Å². The van der Waals surface area contributed by atoms with Gasteiger partial charge in [-0.3, -0.25) is 14.5 Å². The largest absolute Gasteiger partial charge is 0.489 e. The highest BCUT2D eigenvalue weighted by atomic mass is 16.5. The molecule has 3 saturated heterocycles. The number of carbonyl (C=O) groups is 2. The maximum Gasteiger partial charge on any atom is 0.239 e. The number of ether oxygens (including phenoxy) is 1. The lowest BCUT2D eigenvalue weighted by Crippen LogP contribution is -2.59. The normalized spacial score (nSPS) is 29.0. The van der Waals surface area contributed by atoms with Gasteiger partial charge in [-0.2, -0.15) is 0 Å². The Morgan fingerprint density at radius 3 is 2.26 bits per heavy atom. The van der Waals surface area contributed by atoms with E-state index < -0.39 is 0 Å². The van der Waals surface area contributed by atoms with Crippen LogP contribution in [0.1, 0.15) is 47.9 Å². The highest BCUT2D eigenvalue weighted by Gasteiger charge is 2.65. The summed E-state index contributed by atoms with van der Waals surface area (Å²) in [4.78, 5) is 31.8. The molecule has 5 unspecified atom stereocenters. The van der Waals surface area contributed by atoms with Crippen molar-refractivity contribution >= 4 is 17.5 Å². The van der Waals surface area contributed by atoms with Crippen molar-refractivity contribution in [3.05, 3.63) is 95.6 Å². The Labute approximate surface area is 205 Å². The van der Waals surface area contributed by atoms with Crippen molar-refractivity contribution in [3.8, 4) is 5.75 Å². The van der Waals surface area contributed by atoms with Crippen LogP contribution in [0.2, 0.25) is 0 Å². The van der Waals surface area contributed by atoms with Crippen molar-refractivity contribution in [2.75, 3.05) is 11.4 Å². The molecule has 5 aliphatic rings. The van der Waals surface area contributed by atoms with Crippen LogP contribution in [-0.2, 0) is 16.2 Å². The highest BCUT2D eigenvalue weighted by molar-refractivity contribution is 6.23. The Balaban J connectivity index is 1.19. The molecule has 5 atom stereocenters. The van der Waals surface area contributed by atoms with Gasteiger partial charge < -0.3 is 4.74 Å². The predicted octanol–water partition coefficient (Wildman–Crippen LogP) is 5.08. The number of carbonyl (C=O) groups excluding carboxylic acids is 2. The van der Waals surface area contributed by atoms with Crippen molar-refractivity contribution in [2.45, 2.75) is 43.9 Å². The van der Waals surface area contributed by atoms with E-state index in [4.69, 9.17) is 4.74 Å². The van der Waals surface area contributed by atoms with Gasteiger partial charge in [0.15, 0.2) is 0 Å². The zero-order valence-electron chi connectivity index (χ0n) is 19.5. The highest BCUT2D eigenvalue weighted by Crippen LogP contribution is 2.61. The third-order valence-corrected chi connectivity index (χ3v) is 8.51. The third-order valence-electron chi connectivity index (χ3n) is 8.51. The minimum absolute atomic E-state index is 0.00132. The third kappa shape index (κ3) is 3.11. The summed E-state index contributed by atoms with van der Waals surface area (Å²) in [5, 5.41) is 0. The van der Waals surface area contributed by atoms with Crippen LogP contribution in [0.25, 0.3) is 0 Å². The molecule has 2 bridgehead atoms. The molecule has 176 valence electrons. The second kappa shape index (κ2) is 8.06. The number of amides is 2. The molecule has 35 heavy (non-hydrogen) atoms. The number of anilines is 1. The Kier molecular flexibility index (Phi) is 4.81. The molecule has 3 aromatic carbocycles. The lowest BCUT2D eigenvalue weighted by molar-refractivity contribution is -0.133.